The standard InChI is InChI=1S/C16H23N3O5/c20-19(21)15-2-1-14(13-16(15)18-6-10-23-11-7-18)24-12-5-17-3-8-22-9-4-17/h1-2,13H,3-12H2. The molecule has 2 aliphatic rings. The molecule has 0 bridgehead atoms. The van der Waals surface area contributed by atoms with E-state index in [1.165, 1.54) is 6.07 Å². The van der Waals surface area contributed by atoms with Crippen LogP contribution in [-0.2, 0) is 9.47 Å². The Labute approximate surface area is 141 Å². The highest BCUT2D eigenvalue weighted by Gasteiger charge is 2.22. The summed E-state index contributed by atoms with van der Waals surface area (Å²) in [5, 5.41) is 11.3. The van der Waals surface area contributed by atoms with Crippen molar-refractivity contribution in [3.63, 3.8) is 0 Å². The molecular formula is C16H23N3O5. The van der Waals surface area contributed by atoms with Gasteiger partial charge in [-0.15, -0.1) is 0 Å². The minimum atomic E-state index is -0.345. The van der Waals surface area contributed by atoms with Gasteiger partial charge in [-0.2, -0.15) is 0 Å². The molecule has 3 rings (SSSR count). The highest BCUT2D eigenvalue weighted by atomic mass is 16.6. The van der Waals surface area contributed by atoms with Crippen molar-refractivity contribution in [1.29, 1.82) is 0 Å². The van der Waals surface area contributed by atoms with Gasteiger partial charge in [0.25, 0.3) is 5.69 Å². The zero-order valence-electron chi connectivity index (χ0n) is 13.7. The summed E-state index contributed by atoms with van der Waals surface area (Å²) in [5.41, 5.74) is 0.713. The van der Waals surface area contributed by atoms with Crippen LogP contribution in [0.3, 0.4) is 0 Å². The lowest BCUT2D eigenvalue weighted by atomic mass is 10.2. The molecule has 0 spiro atoms. The fourth-order valence-corrected chi connectivity index (χ4v) is 2.92. The highest BCUT2D eigenvalue weighted by molar-refractivity contribution is 5.66. The Balaban J connectivity index is 1.63. The third-order valence-corrected chi connectivity index (χ3v) is 4.28. The Bertz CT molecular complexity index is 557. The maximum Gasteiger partial charge on any atom is 0.292 e. The van der Waals surface area contributed by atoms with Gasteiger partial charge in [-0.3, -0.25) is 15.0 Å². The number of hydrogen-bond donors (Lipinski definition) is 0. The van der Waals surface area contributed by atoms with Gasteiger partial charge in [0, 0.05) is 44.9 Å². The van der Waals surface area contributed by atoms with E-state index in [1.807, 2.05) is 4.90 Å². The summed E-state index contributed by atoms with van der Waals surface area (Å²) >= 11 is 0. The molecule has 1 aromatic carbocycles. The first-order valence-corrected chi connectivity index (χ1v) is 8.28. The molecule has 0 radical (unpaired) electrons. The summed E-state index contributed by atoms with van der Waals surface area (Å²) < 4.78 is 16.5. The van der Waals surface area contributed by atoms with Gasteiger partial charge in [-0.25, -0.2) is 0 Å². The Morgan fingerprint density at radius 2 is 1.75 bits per heavy atom. The largest absolute Gasteiger partial charge is 0.492 e. The van der Waals surface area contributed by atoms with E-state index in [2.05, 4.69) is 4.90 Å². The molecule has 0 aromatic heterocycles. The molecule has 132 valence electrons. The van der Waals surface area contributed by atoms with Crippen LogP contribution in [0.4, 0.5) is 11.4 Å². The van der Waals surface area contributed by atoms with E-state index in [1.54, 1.807) is 12.1 Å². The minimum Gasteiger partial charge on any atom is -0.492 e. The van der Waals surface area contributed by atoms with Crippen molar-refractivity contribution in [3.05, 3.63) is 28.3 Å². The number of nitro benzene ring substituents is 1. The van der Waals surface area contributed by atoms with Crippen molar-refractivity contribution >= 4 is 11.4 Å². The third kappa shape index (κ3) is 4.34. The topological polar surface area (TPSA) is 77.3 Å². The van der Waals surface area contributed by atoms with Crippen LogP contribution in [0.15, 0.2) is 18.2 Å². The molecular weight excluding hydrogens is 314 g/mol. The zero-order valence-corrected chi connectivity index (χ0v) is 13.7. The van der Waals surface area contributed by atoms with Crippen LogP contribution in [0.5, 0.6) is 5.75 Å². The molecule has 0 saturated carbocycles. The Morgan fingerprint density at radius 1 is 1.08 bits per heavy atom. The predicted octanol–water partition coefficient (Wildman–Crippen LogP) is 1.14. The number of rotatable bonds is 6. The molecule has 0 atom stereocenters. The summed E-state index contributed by atoms with van der Waals surface area (Å²) in [4.78, 5) is 15.2. The predicted molar refractivity (Wildman–Crippen MR) is 88.9 cm³/mol. The fourth-order valence-electron chi connectivity index (χ4n) is 2.92. The van der Waals surface area contributed by atoms with Crippen LogP contribution in [-0.4, -0.2) is 75.6 Å². The van der Waals surface area contributed by atoms with Gasteiger partial charge in [-0.05, 0) is 6.07 Å². The quantitative estimate of drug-likeness (QED) is 0.569. The van der Waals surface area contributed by atoms with E-state index in [4.69, 9.17) is 14.2 Å². The summed E-state index contributed by atoms with van der Waals surface area (Å²) in [6.45, 7) is 7.21. The van der Waals surface area contributed by atoms with Crippen molar-refractivity contribution in [2.24, 2.45) is 0 Å². The monoisotopic (exact) mass is 337 g/mol. The Kier molecular flexibility index (Phi) is 5.84. The maximum atomic E-state index is 11.3. The first-order chi connectivity index (χ1) is 11.7. The van der Waals surface area contributed by atoms with Crippen LogP contribution >= 0.6 is 0 Å². The maximum absolute atomic E-state index is 11.3. The molecule has 24 heavy (non-hydrogen) atoms. The molecule has 0 N–H and O–H groups in total. The summed E-state index contributed by atoms with van der Waals surface area (Å²) in [6.07, 6.45) is 0. The first-order valence-electron chi connectivity index (χ1n) is 8.28. The lowest BCUT2D eigenvalue weighted by Gasteiger charge is -2.29. The van der Waals surface area contributed by atoms with E-state index in [9.17, 15) is 10.1 Å². The molecule has 2 fully saturated rings. The molecule has 0 unspecified atom stereocenters. The summed E-state index contributed by atoms with van der Waals surface area (Å²) in [6, 6.07) is 4.96. The molecule has 8 nitrogen and oxygen atoms in total. The average Bonchev–Trinajstić information content (AvgIpc) is 2.63. The third-order valence-electron chi connectivity index (χ3n) is 4.28. The summed E-state index contributed by atoms with van der Waals surface area (Å²) in [5.74, 6) is 0.662. The molecule has 2 heterocycles. The zero-order chi connectivity index (χ0) is 16.8. The summed E-state index contributed by atoms with van der Waals surface area (Å²) in [7, 11) is 0. The van der Waals surface area contributed by atoms with E-state index >= 15 is 0 Å². The van der Waals surface area contributed by atoms with Gasteiger partial charge in [-0.1, -0.05) is 0 Å². The fraction of sp³-hybridized carbons (Fsp3) is 0.625. The second-order valence-corrected chi connectivity index (χ2v) is 5.81. The van der Waals surface area contributed by atoms with Crippen molar-refractivity contribution in [2.75, 3.05) is 70.7 Å². The van der Waals surface area contributed by atoms with E-state index in [0.29, 0.717) is 44.3 Å². The number of benzene rings is 1. The van der Waals surface area contributed by atoms with Crippen molar-refractivity contribution < 1.29 is 19.1 Å². The molecule has 2 aliphatic heterocycles. The van der Waals surface area contributed by atoms with Gasteiger partial charge in [0.05, 0.1) is 31.4 Å². The minimum absolute atomic E-state index is 0.109. The number of hydrogen-bond acceptors (Lipinski definition) is 7. The van der Waals surface area contributed by atoms with Gasteiger partial charge in [0.15, 0.2) is 0 Å². The smallest absolute Gasteiger partial charge is 0.292 e. The van der Waals surface area contributed by atoms with Crippen molar-refractivity contribution in [3.8, 4) is 5.75 Å². The second kappa shape index (κ2) is 8.27. The second-order valence-electron chi connectivity index (χ2n) is 5.81. The van der Waals surface area contributed by atoms with Crippen molar-refractivity contribution in [1.82, 2.24) is 4.90 Å². The van der Waals surface area contributed by atoms with E-state index in [-0.39, 0.29) is 10.6 Å². The van der Waals surface area contributed by atoms with Gasteiger partial charge < -0.3 is 19.1 Å². The lowest BCUT2D eigenvalue weighted by molar-refractivity contribution is -0.384. The van der Waals surface area contributed by atoms with Crippen LogP contribution in [0.25, 0.3) is 0 Å². The number of ether oxygens (including phenoxy) is 3. The number of morpholine rings is 2. The number of anilines is 1. The van der Waals surface area contributed by atoms with Crippen LogP contribution in [0.1, 0.15) is 0 Å². The SMILES string of the molecule is O=[N+]([O-])c1ccc(OCCN2CCOCC2)cc1N1CCOCC1. The van der Waals surface area contributed by atoms with E-state index < -0.39 is 0 Å². The highest BCUT2D eigenvalue weighted by Crippen LogP contribution is 2.32. The van der Waals surface area contributed by atoms with E-state index in [0.717, 1.165) is 32.8 Å². The molecule has 8 heteroatoms. The lowest BCUT2D eigenvalue weighted by Crippen LogP contribution is -2.38. The first kappa shape index (κ1) is 16.9. The van der Waals surface area contributed by atoms with Crippen molar-refractivity contribution in [2.45, 2.75) is 0 Å². The molecule has 1 aromatic rings. The molecule has 0 aliphatic carbocycles. The van der Waals surface area contributed by atoms with Gasteiger partial charge in [0.2, 0.25) is 0 Å². The normalized spacial score (nSPS) is 19.2. The van der Waals surface area contributed by atoms with Crippen LogP contribution in [0.2, 0.25) is 0 Å². The molecule has 0 amide bonds. The van der Waals surface area contributed by atoms with Gasteiger partial charge >= 0.3 is 0 Å². The number of nitro groups is 1. The average molecular weight is 337 g/mol. The van der Waals surface area contributed by atoms with Gasteiger partial charge in [0.1, 0.15) is 18.0 Å². The Morgan fingerprint density at radius 3 is 2.42 bits per heavy atom. The number of nitrogens with zero attached hydrogens (tertiary/aromatic N) is 3. The van der Waals surface area contributed by atoms with Crippen LogP contribution < -0.4 is 9.64 Å². The van der Waals surface area contributed by atoms with Crippen LogP contribution in [0, 0.1) is 10.1 Å². The Hall–Kier alpha value is -1.90. The molecule has 2 saturated heterocycles.